The fourth-order valence-corrected chi connectivity index (χ4v) is 3.40. The van der Waals surface area contributed by atoms with Crippen molar-refractivity contribution in [3.63, 3.8) is 0 Å². The van der Waals surface area contributed by atoms with E-state index in [-0.39, 0.29) is 0 Å². The van der Waals surface area contributed by atoms with Gasteiger partial charge in [-0.2, -0.15) is 0 Å². The minimum absolute atomic E-state index is 0.437. The molecule has 0 saturated carbocycles. The van der Waals surface area contributed by atoms with Crippen LogP contribution in [-0.4, -0.2) is 12.5 Å². The SMILES string of the molecule is NC(=O)c1ccc(Oc2ccc(CNCCc3cccs3)cc2Cl)cc1. The summed E-state index contributed by atoms with van der Waals surface area (Å²) in [5.41, 5.74) is 6.76. The minimum atomic E-state index is -0.467. The number of primary amides is 1. The number of amides is 1. The van der Waals surface area contributed by atoms with Gasteiger partial charge in [-0.1, -0.05) is 23.7 Å². The first kappa shape index (κ1) is 18.5. The first-order valence-corrected chi connectivity index (χ1v) is 9.47. The van der Waals surface area contributed by atoms with Crippen molar-refractivity contribution in [2.24, 2.45) is 5.73 Å². The normalized spacial score (nSPS) is 10.7. The van der Waals surface area contributed by atoms with Crippen LogP contribution < -0.4 is 15.8 Å². The predicted octanol–water partition coefficient (Wildman–Crippen LogP) is 4.63. The Bertz CT molecular complexity index is 864. The molecule has 4 nitrogen and oxygen atoms in total. The highest BCUT2D eigenvalue weighted by atomic mass is 35.5. The fourth-order valence-electron chi connectivity index (χ4n) is 2.45. The van der Waals surface area contributed by atoms with E-state index in [0.29, 0.717) is 22.1 Å². The molecule has 134 valence electrons. The maximum absolute atomic E-state index is 11.1. The largest absolute Gasteiger partial charge is 0.456 e. The summed E-state index contributed by atoms with van der Waals surface area (Å²) in [6.45, 7) is 1.67. The highest BCUT2D eigenvalue weighted by Crippen LogP contribution is 2.30. The van der Waals surface area contributed by atoms with Crippen molar-refractivity contribution in [3.8, 4) is 11.5 Å². The second kappa shape index (κ2) is 8.85. The minimum Gasteiger partial charge on any atom is -0.456 e. The first-order chi connectivity index (χ1) is 12.6. The van der Waals surface area contributed by atoms with Gasteiger partial charge in [0.2, 0.25) is 5.91 Å². The third-order valence-electron chi connectivity index (χ3n) is 3.82. The highest BCUT2D eigenvalue weighted by Gasteiger charge is 2.06. The first-order valence-electron chi connectivity index (χ1n) is 8.21. The molecule has 0 unspecified atom stereocenters. The molecule has 0 atom stereocenters. The summed E-state index contributed by atoms with van der Waals surface area (Å²) in [7, 11) is 0. The van der Waals surface area contributed by atoms with Crippen molar-refractivity contribution in [2.75, 3.05) is 6.54 Å². The number of thiophene rings is 1. The molecule has 0 radical (unpaired) electrons. The van der Waals surface area contributed by atoms with E-state index in [4.69, 9.17) is 22.1 Å². The number of carbonyl (C=O) groups excluding carboxylic acids is 1. The van der Waals surface area contributed by atoms with Crippen molar-refractivity contribution >= 4 is 28.8 Å². The summed E-state index contributed by atoms with van der Waals surface area (Å²) in [6.07, 6.45) is 1.02. The number of benzene rings is 2. The van der Waals surface area contributed by atoms with Crippen molar-refractivity contribution in [1.82, 2.24) is 5.32 Å². The Hall–Kier alpha value is -2.34. The number of nitrogens with one attached hydrogen (secondary N) is 1. The topological polar surface area (TPSA) is 64.4 Å². The van der Waals surface area contributed by atoms with Gasteiger partial charge in [0.25, 0.3) is 0 Å². The molecule has 0 aliphatic carbocycles. The van der Waals surface area contributed by atoms with E-state index in [2.05, 4.69) is 22.8 Å². The van der Waals surface area contributed by atoms with Crippen molar-refractivity contribution in [1.29, 1.82) is 0 Å². The van der Waals surface area contributed by atoms with Crippen LogP contribution in [0, 0.1) is 0 Å². The summed E-state index contributed by atoms with van der Waals surface area (Å²) < 4.78 is 5.77. The number of nitrogens with two attached hydrogens (primary N) is 1. The number of carbonyl (C=O) groups is 1. The van der Waals surface area contributed by atoms with Crippen LogP contribution in [0.5, 0.6) is 11.5 Å². The molecule has 26 heavy (non-hydrogen) atoms. The lowest BCUT2D eigenvalue weighted by molar-refractivity contribution is 0.100. The maximum atomic E-state index is 11.1. The number of hydrogen-bond donors (Lipinski definition) is 2. The van der Waals surface area contributed by atoms with Crippen molar-refractivity contribution in [3.05, 3.63) is 81.0 Å². The molecule has 1 aromatic heterocycles. The highest BCUT2D eigenvalue weighted by molar-refractivity contribution is 7.09. The molecule has 3 rings (SSSR count). The van der Waals surface area contributed by atoms with Gasteiger partial charge >= 0.3 is 0 Å². The standard InChI is InChI=1S/C20H19ClN2O2S/c21-18-12-14(13-23-10-9-17-2-1-11-26-17)3-8-19(18)25-16-6-4-15(5-7-16)20(22)24/h1-8,11-12,23H,9-10,13H2,(H2,22,24). The molecule has 6 heteroatoms. The zero-order chi connectivity index (χ0) is 18.4. The summed E-state index contributed by atoms with van der Waals surface area (Å²) in [5.74, 6) is 0.699. The van der Waals surface area contributed by atoms with Crippen LogP contribution in [-0.2, 0) is 13.0 Å². The average molecular weight is 387 g/mol. The number of ether oxygens (including phenoxy) is 1. The van der Waals surface area contributed by atoms with Gasteiger partial charge in [-0.3, -0.25) is 4.79 Å². The Balaban J connectivity index is 1.54. The molecular formula is C20H19ClN2O2S. The van der Waals surface area contributed by atoms with Crippen LogP contribution in [0.4, 0.5) is 0 Å². The second-order valence-corrected chi connectivity index (χ2v) is 7.20. The lowest BCUT2D eigenvalue weighted by Gasteiger charge is -2.10. The van der Waals surface area contributed by atoms with Gasteiger partial charge < -0.3 is 15.8 Å². The second-order valence-electron chi connectivity index (χ2n) is 5.76. The zero-order valence-corrected chi connectivity index (χ0v) is 15.6. The van der Waals surface area contributed by atoms with E-state index in [1.54, 1.807) is 35.6 Å². The Labute approximate surface area is 161 Å². The summed E-state index contributed by atoms with van der Waals surface area (Å²) in [5, 5.41) is 6.05. The van der Waals surface area contributed by atoms with Gasteiger partial charge in [0, 0.05) is 23.5 Å². The van der Waals surface area contributed by atoms with E-state index < -0.39 is 5.91 Å². The van der Waals surface area contributed by atoms with Gasteiger partial charge in [-0.15, -0.1) is 11.3 Å². The fraction of sp³-hybridized carbons (Fsp3) is 0.150. The summed E-state index contributed by atoms with van der Waals surface area (Å²) in [4.78, 5) is 12.5. The van der Waals surface area contributed by atoms with Crippen LogP contribution in [0.1, 0.15) is 20.8 Å². The molecule has 0 saturated heterocycles. The van der Waals surface area contributed by atoms with Crippen LogP contribution in [0.2, 0.25) is 5.02 Å². The molecule has 0 aliphatic heterocycles. The number of rotatable bonds is 8. The van der Waals surface area contributed by atoms with Gasteiger partial charge in [0.05, 0.1) is 5.02 Å². The van der Waals surface area contributed by atoms with E-state index in [0.717, 1.165) is 25.1 Å². The lowest BCUT2D eigenvalue weighted by atomic mass is 10.2. The summed E-state index contributed by atoms with van der Waals surface area (Å²) >= 11 is 8.10. The average Bonchev–Trinajstić information content (AvgIpc) is 3.15. The predicted molar refractivity (Wildman–Crippen MR) is 106 cm³/mol. The third kappa shape index (κ3) is 5.08. The zero-order valence-electron chi connectivity index (χ0n) is 14.1. The monoisotopic (exact) mass is 386 g/mol. The number of hydrogen-bond acceptors (Lipinski definition) is 4. The van der Waals surface area contributed by atoms with E-state index in [1.165, 1.54) is 4.88 Å². The molecular weight excluding hydrogens is 368 g/mol. The molecule has 3 N–H and O–H groups in total. The van der Waals surface area contributed by atoms with Crippen molar-refractivity contribution < 1.29 is 9.53 Å². The lowest BCUT2D eigenvalue weighted by Crippen LogP contribution is -2.16. The molecule has 0 aliphatic rings. The van der Waals surface area contributed by atoms with E-state index in [1.807, 2.05) is 18.2 Å². The molecule has 2 aromatic carbocycles. The Morgan fingerprint density at radius 1 is 1.15 bits per heavy atom. The smallest absolute Gasteiger partial charge is 0.248 e. The van der Waals surface area contributed by atoms with Gasteiger partial charge in [0.1, 0.15) is 11.5 Å². The Morgan fingerprint density at radius 2 is 1.96 bits per heavy atom. The van der Waals surface area contributed by atoms with Gasteiger partial charge in [0.15, 0.2) is 0 Å². The van der Waals surface area contributed by atoms with Crippen LogP contribution in [0.3, 0.4) is 0 Å². The van der Waals surface area contributed by atoms with E-state index >= 15 is 0 Å². The number of halogens is 1. The molecule has 1 amide bonds. The van der Waals surface area contributed by atoms with Gasteiger partial charge in [-0.05, 0) is 59.8 Å². The van der Waals surface area contributed by atoms with Crippen LogP contribution in [0.25, 0.3) is 0 Å². The van der Waals surface area contributed by atoms with Gasteiger partial charge in [-0.25, -0.2) is 0 Å². The molecule has 3 aromatic rings. The molecule has 0 spiro atoms. The molecule has 0 fully saturated rings. The van der Waals surface area contributed by atoms with Crippen molar-refractivity contribution in [2.45, 2.75) is 13.0 Å². The molecule has 0 bridgehead atoms. The molecule has 1 heterocycles. The Morgan fingerprint density at radius 3 is 2.62 bits per heavy atom. The van der Waals surface area contributed by atoms with Crippen LogP contribution >= 0.6 is 22.9 Å². The quantitative estimate of drug-likeness (QED) is 0.555. The maximum Gasteiger partial charge on any atom is 0.248 e. The Kier molecular flexibility index (Phi) is 6.28. The van der Waals surface area contributed by atoms with E-state index in [9.17, 15) is 4.79 Å². The summed E-state index contributed by atoms with van der Waals surface area (Å²) in [6, 6.07) is 16.6. The van der Waals surface area contributed by atoms with Crippen LogP contribution in [0.15, 0.2) is 60.0 Å². The third-order valence-corrected chi connectivity index (χ3v) is 5.05.